The van der Waals surface area contributed by atoms with E-state index in [0.717, 1.165) is 55.0 Å². The average molecular weight is 547 g/mol. The van der Waals surface area contributed by atoms with Gasteiger partial charge in [-0.3, -0.25) is 4.79 Å². The average Bonchev–Trinajstić information content (AvgIpc) is 3.68. The number of methoxy groups -OCH3 is 1. The van der Waals surface area contributed by atoms with Gasteiger partial charge in [0, 0.05) is 43.2 Å². The zero-order chi connectivity index (χ0) is 28.1. The molecule has 0 radical (unpaired) electrons. The molecule has 1 atom stereocenters. The highest BCUT2D eigenvalue weighted by Gasteiger charge is 2.28. The Labute approximate surface area is 241 Å². The molecule has 210 valence electrons. The maximum atomic E-state index is 13.6. The quantitative estimate of drug-likeness (QED) is 0.212. The normalized spacial score (nSPS) is 17.4. The number of imidazole rings is 1. The molecule has 2 aromatic heterocycles. The number of aromatic nitrogens is 3. The van der Waals surface area contributed by atoms with Gasteiger partial charge in [-0.05, 0) is 61.3 Å². The first-order chi connectivity index (χ1) is 20.1. The van der Waals surface area contributed by atoms with E-state index >= 15 is 0 Å². The second kappa shape index (κ2) is 10.4. The van der Waals surface area contributed by atoms with E-state index in [1.807, 2.05) is 17.0 Å². The molecule has 6 nitrogen and oxygen atoms in total. The fourth-order valence-electron chi connectivity index (χ4n) is 6.69. The van der Waals surface area contributed by atoms with Crippen molar-refractivity contribution in [3.05, 3.63) is 72.3 Å². The molecule has 7 rings (SSSR count). The zero-order valence-corrected chi connectivity index (χ0v) is 24.3. The Morgan fingerprint density at radius 1 is 0.976 bits per heavy atom. The second-order valence-corrected chi connectivity index (χ2v) is 11.9. The number of nitrogens with zero attached hydrogens (tertiary/aromatic N) is 4. The number of aryl methyl sites for hydroxylation is 1. The number of hydrogen-bond donors (Lipinski definition) is 0. The molecule has 1 saturated heterocycles. The molecule has 1 aliphatic heterocycles. The van der Waals surface area contributed by atoms with E-state index in [9.17, 15) is 4.79 Å². The molecule has 1 saturated carbocycles. The number of ether oxygens (including phenoxy) is 1. The number of para-hydroxylation sites is 1. The maximum Gasteiger partial charge on any atom is 0.254 e. The van der Waals surface area contributed by atoms with E-state index in [1.165, 1.54) is 41.3 Å². The number of benzene rings is 3. The maximum absolute atomic E-state index is 13.6. The molecule has 0 spiro atoms. The van der Waals surface area contributed by atoms with Crippen molar-refractivity contribution in [3.63, 3.8) is 0 Å². The largest absolute Gasteiger partial charge is 0.494 e. The Kier molecular flexibility index (Phi) is 6.57. The highest BCUT2D eigenvalue weighted by molar-refractivity contribution is 6.01. The first-order valence-electron chi connectivity index (χ1n) is 15.1. The van der Waals surface area contributed by atoms with Crippen LogP contribution >= 0.6 is 0 Å². The van der Waals surface area contributed by atoms with Crippen LogP contribution in [-0.2, 0) is 13.6 Å². The number of piperidine rings is 1. The van der Waals surface area contributed by atoms with Crippen LogP contribution in [0.1, 0.15) is 49.4 Å². The first-order valence-corrected chi connectivity index (χ1v) is 15.1. The number of fused-ring (bicyclic) bond motifs is 2. The van der Waals surface area contributed by atoms with Crippen molar-refractivity contribution in [2.24, 2.45) is 18.9 Å². The van der Waals surface area contributed by atoms with Crippen molar-refractivity contribution >= 4 is 27.8 Å². The number of carbonyl (C=O) groups excluding carboxylic acids is 1. The van der Waals surface area contributed by atoms with Crippen LogP contribution in [-0.4, -0.2) is 45.1 Å². The number of carbonyl (C=O) groups is 1. The van der Waals surface area contributed by atoms with Crippen LogP contribution in [0.4, 0.5) is 0 Å². The van der Waals surface area contributed by atoms with Gasteiger partial charge in [-0.2, -0.15) is 0 Å². The van der Waals surface area contributed by atoms with Crippen LogP contribution in [0.2, 0.25) is 0 Å². The van der Waals surface area contributed by atoms with Gasteiger partial charge in [-0.1, -0.05) is 61.9 Å². The molecule has 6 heteroatoms. The summed E-state index contributed by atoms with van der Waals surface area (Å²) in [5.41, 5.74) is 7.18. The number of amides is 1. The van der Waals surface area contributed by atoms with Gasteiger partial charge >= 0.3 is 0 Å². The summed E-state index contributed by atoms with van der Waals surface area (Å²) in [5, 5.41) is 1.22. The lowest BCUT2D eigenvalue weighted by atomic mass is 9.95. The first kappa shape index (κ1) is 25.9. The third kappa shape index (κ3) is 4.59. The third-order valence-electron chi connectivity index (χ3n) is 9.16. The lowest BCUT2D eigenvalue weighted by Gasteiger charge is -2.32. The summed E-state index contributed by atoms with van der Waals surface area (Å²) >= 11 is 0. The van der Waals surface area contributed by atoms with Crippen molar-refractivity contribution in [2.75, 3.05) is 20.2 Å². The van der Waals surface area contributed by atoms with Gasteiger partial charge in [0.15, 0.2) is 5.82 Å². The molecule has 1 aliphatic carbocycles. The summed E-state index contributed by atoms with van der Waals surface area (Å²) < 4.78 is 10.5. The van der Waals surface area contributed by atoms with Gasteiger partial charge in [0.25, 0.3) is 5.91 Å². The van der Waals surface area contributed by atoms with Crippen LogP contribution < -0.4 is 4.74 Å². The van der Waals surface area contributed by atoms with Crippen molar-refractivity contribution < 1.29 is 9.53 Å². The lowest BCUT2D eigenvalue weighted by molar-refractivity contribution is 0.0671. The molecular formula is C35H38N4O2. The smallest absolute Gasteiger partial charge is 0.254 e. The number of hydrogen-bond acceptors (Lipinski definition) is 3. The summed E-state index contributed by atoms with van der Waals surface area (Å²) in [6, 6.07) is 23.4. The van der Waals surface area contributed by atoms with Crippen molar-refractivity contribution in [3.8, 4) is 28.4 Å². The summed E-state index contributed by atoms with van der Waals surface area (Å²) in [4.78, 5) is 20.8. The van der Waals surface area contributed by atoms with Crippen LogP contribution in [0, 0.1) is 11.8 Å². The predicted molar refractivity (Wildman–Crippen MR) is 165 cm³/mol. The minimum absolute atomic E-state index is 0.0749. The fraction of sp³-hybridized carbons (Fsp3) is 0.371. The van der Waals surface area contributed by atoms with Crippen molar-refractivity contribution in [1.29, 1.82) is 0 Å². The Morgan fingerprint density at radius 2 is 1.80 bits per heavy atom. The van der Waals surface area contributed by atoms with E-state index in [-0.39, 0.29) is 5.91 Å². The highest BCUT2D eigenvalue weighted by Crippen LogP contribution is 2.40. The van der Waals surface area contributed by atoms with Crippen LogP contribution in [0.25, 0.3) is 44.6 Å². The molecule has 5 aromatic rings. The third-order valence-corrected chi connectivity index (χ3v) is 9.16. The Bertz CT molecular complexity index is 1740. The molecule has 41 heavy (non-hydrogen) atoms. The van der Waals surface area contributed by atoms with Crippen LogP contribution in [0.3, 0.4) is 0 Å². The molecule has 2 fully saturated rings. The van der Waals surface area contributed by atoms with Crippen LogP contribution in [0.5, 0.6) is 5.75 Å². The molecular weight excluding hydrogens is 508 g/mol. The second-order valence-electron chi connectivity index (χ2n) is 11.9. The molecule has 0 N–H and O–H groups in total. The van der Waals surface area contributed by atoms with Gasteiger partial charge in [-0.15, -0.1) is 0 Å². The molecule has 1 amide bonds. The van der Waals surface area contributed by atoms with E-state index in [1.54, 1.807) is 7.11 Å². The minimum atomic E-state index is 0.0749. The highest BCUT2D eigenvalue weighted by atomic mass is 16.5. The molecule has 0 bridgehead atoms. The lowest BCUT2D eigenvalue weighted by Crippen LogP contribution is -2.39. The van der Waals surface area contributed by atoms with E-state index < -0.39 is 0 Å². The zero-order valence-electron chi connectivity index (χ0n) is 24.3. The number of rotatable bonds is 7. The molecule has 0 unspecified atom stereocenters. The summed E-state index contributed by atoms with van der Waals surface area (Å²) in [6.45, 7) is 4.83. The Balaban J connectivity index is 1.37. The minimum Gasteiger partial charge on any atom is -0.494 e. The summed E-state index contributed by atoms with van der Waals surface area (Å²) in [5.74, 6) is 2.92. The van der Waals surface area contributed by atoms with Gasteiger partial charge in [-0.25, -0.2) is 4.98 Å². The Hall–Kier alpha value is -4.06. The predicted octanol–water partition coefficient (Wildman–Crippen LogP) is 7.54. The van der Waals surface area contributed by atoms with E-state index in [2.05, 4.69) is 77.7 Å². The van der Waals surface area contributed by atoms with Gasteiger partial charge in [0.2, 0.25) is 0 Å². The molecule has 3 heterocycles. The summed E-state index contributed by atoms with van der Waals surface area (Å²) in [7, 11) is 3.74. The van der Waals surface area contributed by atoms with Crippen molar-refractivity contribution in [1.82, 2.24) is 19.0 Å². The SMILES string of the molecule is CC[C@@H]1CCCN(C(=O)c2cc(OC)c3c(c2)nc(-c2cc4cccc(-c5ccccc5)c4n2CC2CC2)n3C)C1. The van der Waals surface area contributed by atoms with Crippen molar-refractivity contribution in [2.45, 2.75) is 45.6 Å². The number of likely N-dealkylation sites (tertiary alicyclic amines) is 1. The molecule has 3 aromatic carbocycles. The van der Waals surface area contributed by atoms with Gasteiger partial charge in [0.05, 0.1) is 23.8 Å². The van der Waals surface area contributed by atoms with Gasteiger partial charge < -0.3 is 18.8 Å². The van der Waals surface area contributed by atoms with Crippen LogP contribution in [0.15, 0.2) is 66.7 Å². The fourth-order valence-corrected chi connectivity index (χ4v) is 6.69. The van der Waals surface area contributed by atoms with E-state index in [4.69, 9.17) is 9.72 Å². The standard InChI is InChI=1S/C35H38N4O2/c1-4-23-10-9-17-38(21-23)35(40)27-18-29-33(31(20-27)41-3)37(2)34(36-29)30-19-26-13-8-14-28(25-11-6-5-7-12-25)32(26)39(30)22-24-15-16-24/h5-8,11-14,18-20,23-24H,4,9-10,15-17,21-22H2,1-3H3/t23-/m1/s1. The topological polar surface area (TPSA) is 52.3 Å². The summed E-state index contributed by atoms with van der Waals surface area (Å²) in [6.07, 6.45) is 5.91. The van der Waals surface area contributed by atoms with E-state index in [0.29, 0.717) is 23.1 Å². The molecule has 2 aliphatic rings. The monoisotopic (exact) mass is 546 g/mol. The van der Waals surface area contributed by atoms with Gasteiger partial charge in [0.1, 0.15) is 11.3 Å². The Morgan fingerprint density at radius 3 is 2.56 bits per heavy atom.